The first-order chi connectivity index (χ1) is 16.7. The van der Waals surface area contributed by atoms with E-state index in [2.05, 4.69) is 15.3 Å². The van der Waals surface area contributed by atoms with Gasteiger partial charge in [0.2, 0.25) is 0 Å². The summed E-state index contributed by atoms with van der Waals surface area (Å²) in [7, 11) is 0. The molecule has 4 aromatic rings. The second-order valence-corrected chi connectivity index (χ2v) is 7.55. The van der Waals surface area contributed by atoms with Gasteiger partial charge in [0.05, 0.1) is 23.6 Å². The number of carbonyl (C=O) groups excluding carboxylic acids is 2. The molecule has 4 rings (SSSR count). The predicted octanol–water partition coefficient (Wildman–Crippen LogP) is 4.56. The number of primary amides is 1. The Morgan fingerprint density at radius 1 is 1.11 bits per heavy atom. The number of halogens is 3. The fourth-order valence-corrected chi connectivity index (χ4v) is 3.42. The molecule has 0 radical (unpaired) electrons. The highest BCUT2D eigenvalue weighted by Gasteiger charge is 2.31. The van der Waals surface area contributed by atoms with Crippen molar-refractivity contribution < 1.29 is 27.5 Å². The summed E-state index contributed by atoms with van der Waals surface area (Å²) in [6, 6.07) is 13.2. The number of amides is 2. The minimum absolute atomic E-state index is 0.0375. The maximum atomic E-state index is 13.3. The molecule has 35 heavy (non-hydrogen) atoms. The fourth-order valence-electron chi connectivity index (χ4n) is 3.42. The van der Waals surface area contributed by atoms with Crippen molar-refractivity contribution in [3.05, 3.63) is 77.9 Å². The number of nitrogens with zero attached hydrogens (tertiary/aromatic N) is 3. The van der Waals surface area contributed by atoms with Gasteiger partial charge in [-0.15, -0.1) is 0 Å². The van der Waals surface area contributed by atoms with E-state index in [-0.39, 0.29) is 35.1 Å². The van der Waals surface area contributed by atoms with Crippen LogP contribution in [0.2, 0.25) is 0 Å². The number of fused-ring (bicyclic) bond motifs is 1. The van der Waals surface area contributed by atoms with Gasteiger partial charge in [0.15, 0.2) is 11.3 Å². The molecule has 2 amide bonds. The van der Waals surface area contributed by atoms with Gasteiger partial charge in [-0.2, -0.15) is 13.2 Å². The van der Waals surface area contributed by atoms with Gasteiger partial charge in [0.25, 0.3) is 11.8 Å². The van der Waals surface area contributed by atoms with Gasteiger partial charge < -0.3 is 15.8 Å². The molecule has 0 aliphatic rings. The van der Waals surface area contributed by atoms with Crippen LogP contribution in [-0.2, 0) is 6.18 Å². The van der Waals surface area contributed by atoms with E-state index in [1.54, 1.807) is 24.3 Å². The molecule has 0 unspecified atom stereocenters. The standard InChI is InChI=1S/C24H20F3N5O3/c1-2-10-35-19-9-8-15(24(25,26)27)11-16(19)31-23(34)17-12-18(14-6-4-3-5-7-14)32-13-29-20(21(28)33)22(32)30-17/h3-9,11-13H,2,10H2,1H3,(H2,28,33)(H,31,34). The molecule has 0 saturated heterocycles. The van der Waals surface area contributed by atoms with Crippen LogP contribution >= 0.6 is 0 Å². The van der Waals surface area contributed by atoms with Crippen molar-refractivity contribution in [2.24, 2.45) is 5.73 Å². The van der Waals surface area contributed by atoms with Crippen LogP contribution in [0.5, 0.6) is 5.75 Å². The summed E-state index contributed by atoms with van der Waals surface area (Å²) >= 11 is 0. The molecule has 0 fully saturated rings. The van der Waals surface area contributed by atoms with E-state index in [9.17, 15) is 22.8 Å². The molecule has 0 bridgehead atoms. The number of rotatable bonds is 7. The number of alkyl halides is 3. The van der Waals surface area contributed by atoms with Crippen molar-refractivity contribution in [1.29, 1.82) is 0 Å². The Labute approximate surface area is 197 Å². The second kappa shape index (κ2) is 9.45. The van der Waals surface area contributed by atoms with Crippen LogP contribution in [-0.4, -0.2) is 32.8 Å². The highest BCUT2D eigenvalue weighted by Crippen LogP contribution is 2.35. The summed E-state index contributed by atoms with van der Waals surface area (Å²) in [5, 5.41) is 2.46. The Bertz CT molecular complexity index is 1400. The number of aromatic nitrogens is 3. The molecule has 0 aliphatic heterocycles. The van der Waals surface area contributed by atoms with Crippen molar-refractivity contribution in [1.82, 2.24) is 14.4 Å². The van der Waals surface area contributed by atoms with E-state index in [1.807, 2.05) is 13.0 Å². The van der Waals surface area contributed by atoms with Crippen LogP contribution in [0.3, 0.4) is 0 Å². The molecule has 3 N–H and O–H groups in total. The molecule has 0 atom stereocenters. The third-order valence-corrected chi connectivity index (χ3v) is 5.05. The summed E-state index contributed by atoms with van der Waals surface area (Å²) in [5.41, 5.74) is 5.20. The average Bonchev–Trinajstić information content (AvgIpc) is 3.27. The molecule has 0 spiro atoms. The third kappa shape index (κ3) is 4.93. The summed E-state index contributed by atoms with van der Waals surface area (Å²) in [4.78, 5) is 33.3. The quantitative estimate of drug-likeness (QED) is 0.400. The Balaban J connectivity index is 1.80. The number of hydrogen-bond donors (Lipinski definition) is 2. The lowest BCUT2D eigenvalue weighted by atomic mass is 10.1. The number of imidazole rings is 1. The molecule has 0 saturated carbocycles. The normalized spacial score (nSPS) is 11.4. The smallest absolute Gasteiger partial charge is 0.416 e. The summed E-state index contributed by atoms with van der Waals surface area (Å²) < 4.78 is 46.9. The largest absolute Gasteiger partial charge is 0.491 e. The van der Waals surface area contributed by atoms with Crippen LogP contribution < -0.4 is 15.8 Å². The summed E-state index contributed by atoms with van der Waals surface area (Å²) in [5.74, 6) is -1.56. The van der Waals surface area contributed by atoms with Crippen LogP contribution in [0, 0.1) is 0 Å². The lowest BCUT2D eigenvalue weighted by molar-refractivity contribution is -0.137. The van der Waals surface area contributed by atoms with Crippen LogP contribution in [0.15, 0.2) is 60.9 Å². The number of benzene rings is 2. The Morgan fingerprint density at radius 3 is 2.51 bits per heavy atom. The minimum atomic E-state index is -4.62. The van der Waals surface area contributed by atoms with Crippen molar-refractivity contribution in [3.63, 3.8) is 0 Å². The average molecular weight is 483 g/mol. The lowest BCUT2D eigenvalue weighted by Gasteiger charge is -2.15. The zero-order valence-corrected chi connectivity index (χ0v) is 18.5. The molecular weight excluding hydrogens is 463 g/mol. The van der Waals surface area contributed by atoms with Gasteiger partial charge in [-0.3, -0.25) is 14.0 Å². The minimum Gasteiger partial charge on any atom is -0.491 e. The molecular formula is C24H20F3N5O3. The number of carbonyl (C=O) groups is 2. The van der Waals surface area contributed by atoms with Gasteiger partial charge in [0.1, 0.15) is 17.8 Å². The van der Waals surface area contributed by atoms with Crippen LogP contribution in [0.4, 0.5) is 18.9 Å². The van der Waals surface area contributed by atoms with Gasteiger partial charge in [-0.05, 0) is 36.2 Å². The first-order valence-corrected chi connectivity index (χ1v) is 10.6. The van der Waals surface area contributed by atoms with Gasteiger partial charge in [-0.25, -0.2) is 9.97 Å². The van der Waals surface area contributed by atoms with Crippen molar-refractivity contribution in [2.75, 3.05) is 11.9 Å². The van der Waals surface area contributed by atoms with Crippen molar-refractivity contribution in [2.45, 2.75) is 19.5 Å². The molecule has 2 heterocycles. The Kier molecular flexibility index (Phi) is 6.41. The molecule has 180 valence electrons. The van der Waals surface area contributed by atoms with Crippen molar-refractivity contribution >= 4 is 23.1 Å². The van der Waals surface area contributed by atoms with Gasteiger partial charge in [-0.1, -0.05) is 37.3 Å². The van der Waals surface area contributed by atoms with E-state index < -0.39 is 23.6 Å². The predicted molar refractivity (Wildman–Crippen MR) is 122 cm³/mol. The van der Waals surface area contributed by atoms with E-state index in [0.717, 1.165) is 18.2 Å². The monoisotopic (exact) mass is 483 g/mol. The highest BCUT2D eigenvalue weighted by atomic mass is 19.4. The summed E-state index contributed by atoms with van der Waals surface area (Å²) in [6.07, 6.45) is -2.64. The van der Waals surface area contributed by atoms with Crippen molar-refractivity contribution in [3.8, 4) is 17.0 Å². The van der Waals surface area contributed by atoms with E-state index in [1.165, 1.54) is 16.8 Å². The highest BCUT2D eigenvalue weighted by molar-refractivity contribution is 6.05. The summed E-state index contributed by atoms with van der Waals surface area (Å²) in [6.45, 7) is 2.09. The SMILES string of the molecule is CCCOc1ccc(C(F)(F)F)cc1NC(=O)c1cc(-c2ccccc2)n2cnc(C(N)=O)c2n1. The fraction of sp³-hybridized carbons (Fsp3) is 0.167. The number of hydrogen-bond acceptors (Lipinski definition) is 5. The maximum absolute atomic E-state index is 13.3. The number of nitrogens with two attached hydrogens (primary N) is 1. The maximum Gasteiger partial charge on any atom is 0.416 e. The van der Waals surface area contributed by atoms with Gasteiger partial charge >= 0.3 is 6.18 Å². The van der Waals surface area contributed by atoms with Crippen LogP contribution in [0.25, 0.3) is 16.9 Å². The third-order valence-electron chi connectivity index (χ3n) is 5.05. The topological polar surface area (TPSA) is 112 Å². The molecule has 11 heteroatoms. The first kappa shape index (κ1) is 23.7. The molecule has 2 aromatic heterocycles. The molecule has 8 nitrogen and oxygen atoms in total. The second-order valence-electron chi connectivity index (χ2n) is 7.55. The first-order valence-electron chi connectivity index (χ1n) is 10.6. The van der Waals surface area contributed by atoms with Gasteiger partial charge in [0, 0.05) is 0 Å². The zero-order chi connectivity index (χ0) is 25.2. The van der Waals surface area contributed by atoms with E-state index >= 15 is 0 Å². The number of nitrogens with one attached hydrogen (secondary N) is 1. The lowest BCUT2D eigenvalue weighted by Crippen LogP contribution is -2.18. The number of ether oxygens (including phenoxy) is 1. The van der Waals surface area contributed by atoms with E-state index in [0.29, 0.717) is 17.7 Å². The number of anilines is 1. The van der Waals surface area contributed by atoms with E-state index in [4.69, 9.17) is 10.5 Å². The molecule has 0 aliphatic carbocycles. The Morgan fingerprint density at radius 2 is 1.86 bits per heavy atom. The van der Waals surface area contributed by atoms with Crippen LogP contribution in [0.1, 0.15) is 39.9 Å². The zero-order valence-electron chi connectivity index (χ0n) is 18.5. The Hall–Kier alpha value is -4.41. The molecule has 2 aromatic carbocycles.